The summed E-state index contributed by atoms with van der Waals surface area (Å²) in [6.45, 7) is 3.00. The molecule has 0 unspecified atom stereocenters. The van der Waals surface area contributed by atoms with Gasteiger partial charge in [0.1, 0.15) is 0 Å². The van der Waals surface area contributed by atoms with E-state index < -0.39 is 0 Å². The second kappa shape index (κ2) is 5.30. The highest BCUT2D eigenvalue weighted by Crippen LogP contribution is 2.38. The Labute approximate surface area is 121 Å². The minimum Gasteiger partial charge on any atom is -0.375 e. The van der Waals surface area contributed by atoms with Gasteiger partial charge in [0.05, 0.1) is 12.7 Å². The van der Waals surface area contributed by atoms with Gasteiger partial charge in [0.15, 0.2) is 0 Å². The largest absolute Gasteiger partial charge is 0.375 e. The van der Waals surface area contributed by atoms with E-state index in [2.05, 4.69) is 10.2 Å². The number of hydrogen-bond acceptors (Lipinski definition) is 3. The van der Waals surface area contributed by atoms with Crippen LogP contribution in [0.25, 0.3) is 0 Å². The van der Waals surface area contributed by atoms with Crippen molar-refractivity contribution in [1.29, 1.82) is 0 Å². The molecule has 4 nitrogen and oxygen atoms in total. The molecule has 2 aliphatic heterocycles. The third-order valence-corrected chi connectivity index (χ3v) is 5.67. The van der Waals surface area contributed by atoms with Crippen molar-refractivity contribution in [3.63, 3.8) is 0 Å². The van der Waals surface area contributed by atoms with Crippen molar-refractivity contribution < 1.29 is 9.53 Å². The van der Waals surface area contributed by atoms with Crippen molar-refractivity contribution in [2.45, 2.75) is 63.1 Å². The van der Waals surface area contributed by atoms with Gasteiger partial charge in [-0.3, -0.25) is 9.69 Å². The van der Waals surface area contributed by atoms with E-state index in [0.29, 0.717) is 30.0 Å². The van der Waals surface area contributed by atoms with E-state index in [0.717, 1.165) is 44.9 Å². The minimum atomic E-state index is 0.295. The molecule has 2 aliphatic carbocycles. The first-order chi connectivity index (χ1) is 9.79. The Morgan fingerprint density at radius 3 is 2.65 bits per heavy atom. The van der Waals surface area contributed by atoms with Crippen LogP contribution in [0.2, 0.25) is 0 Å². The lowest BCUT2D eigenvalue weighted by Gasteiger charge is -2.35. The fourth-order valence-corrected chi connectivity index (χ4v) is 4.26. The van der Waals surface area contributed by atoms with Crippen LogP contribution in [0.3, 0.4) is 0 Å². The number of nitrogens with one attached hydrogen (secondary N) is 1. The molecular formula is C16H26N2O2. The van der Waals surface area contributed by atoms with Gasteiger partial charge < -0.3 is 10.1 Å². The summed E-state index contributed by atoms with van der Waals surface area (Å²) >= 11 is 0. The van der Waals surface area contributed by atoms with E-state index in [4.69, 9.17) is 4.74 Å². The molecule has 20 heavy (non-hydrogen) atoms. The summed E-state index contributed by atoms with van der Waals surface area (Å²) in [7, 11) is 0. The third-order valence-electron chi connectivity index (χ3n) is 5.67. The quantitative estimate of drug-likeness (QED) is 0.851. The Hall–Kier alpha value is -0.610. The average Bonchev–Trinajstić information content (AvgIpc) is 3.01. The van der Waals surface area contributed by atoms with Gasteiger partial charge in [0.25, 0.3) is 0 Å². The van der Waals surface area contributed by atoms with Crippen LogP contribution < -0.4 is 5.32 Å². The van der Waals surface area contributed by atoms with Gasteiger partial charge in [0.2, 0.25) is 5.91 Å². The molecule has 2 saturated heterocycles. The van der Waals surface area contributed by atoms with Crippen LogP contribution in [-0.2, 0) is 9.53 Å². The number of morpholine rings is 1. The Balaban J connectivity index is 1.30. The van der Waals surface area contributed by atoms with Crippen molar-refractivity contribution in [1.82, 2.24) is 10.2 Å². The number of carbonyl (C=O) groups is 1. The van der Waals surface area contributed by atoms with Gasteiger partial charge in [-0.05, 0) is 38.0 Å². The normalized spacial score (nSPS) is 38.9. The number of hydrogen-bond donors (Lipinski definition) is 1. The van der Waals surface area contributed by atoms with Gasteiger partial charge in [-0.2, -0.15) is 0 Å². The summed E-state index contributed by atoms with van der Waals surface area (Å²) in [6, 6.07) is 0.897. The summed E-state index contributed by atoms with van der Waals surface area (Å²) in [5, 5.41) is 3.30. The van der Waals surface area contributed by atoms with Crippen LogP contribution in [0.1, 0.15) is 44.9 Å². The van der Waals surface area contributed by atoms with Crippen LogP contribution in [0.15, 0.2) is 0 Å². The van der Waals surface area contributed by atoms with Crippen molar-refractivity contribution >= 4 is 5.91 Å². The lowest BCUT2D eigenvalue weighted by Crippen LogP contribution is -2.47. The SMILES string of the molecule is O=C(N[C@@H]1C[C@H]2CO[C@H](C3CC3)CN2C1)C1CCCC1. The van der Waals surface area contributed by atoms with Crippen molar-refractivity contribution in [3.8, 4) is 0 Å². The fourth-order valence-electron chi connectivity index (χ4n) is 4.26. The lowest BCUT2D eigenvalue weighted by molar-refractivity contribution is -0.125. The molecule has 4 aliphatic rings. The Morgan fingerprint density at radius 2 is 1.90 bits per heavy atom. The van der Waals surface area contributed by atoms with Gasteiger partial charge in [-0.15, -0.1) is 0 Å². The zero-order valence-corrected chi connectivity index (χ0v) is 12.2. The maximum Gasteiger partial charge on any atom is 0.223 e. The van der Waals surface area contributed by atoms with Gasteiger partial charge >= 0.3 is 0 Å². The molecule has 2 saturated carbocycles. The number of ether oxygens (including phenoxy) is 1. The zero-order chi connectivity index (χ0) is 13.5. The molecule has 0 aromatic carbocycles. The molecule has 4 fully saturated rings. The predicted molar refractivity (Wildman–Crippen MR) is 76.3 cm³/mol. The molecule has 0 bridgehead atoms. The Kier molecular flexibility index (Phi) is 3.47. The number of carbonyl (C=O) groups excluding carboxylic acids is 1. The summed E-state index contributed by atoms with van der Waals surface area (Å²) in [4.78, 5) is 14.8. The highest BCUT2D eigenvalue weighted by atomic mass is 16.5. The van der Waals surface area contributed by atoms with E-state index in [9.17, 15) is 4.79 Å². The Bertz CT molecular complexity index is 377. The molecule has 4 rings (SSSR count). The maximum atomic E-state index is 12.2. The average molecular weight is 278 g/mol. The fraction of sp³-hybridized carbons (Fsp3) is 0.938. The molecule has 0 aromatic heterocycles. The molecule has 3 atom stereocenters. The van der Waals surface area contributed by atoms with Gasteiger partial charge in [-0.25, -0.2) is 0 Å². The molecule has 2 heterocycles. The minimum absolute atomic E-state index is 0.295. The zero-order valence-electron chi connectivity index (χ0n) is 12.2. The standard InChI is InChI=1S/C16H26N2O2/c19-16(12-3-1-2-4-12)17-13-7-14-10-20-15(11-5-6-11)9-18(14)8-13/h11-15H,1-10H2,(H,17,19)/t13-,14+,15+/m1/s1. The van der Waals surface area contributed by atoms with E-state index in [-0.39, 0.29) is 0 Å². The molecule has 4 heteroatoms. The summed E-state index contributed by atoms with van der Waals surface area (Å²) in [6.07, 6.45) is 8.90. The number of rotatable bonds is 3. The summed E-state index contributed by atoms with van der Waals surface area (Å²) < 4.78 is 6.01. The van der Waals surface area contributed by atoms with Crippen LogP contribution in [0, 0.1) is 11.8 Å². The van der Waals surface area contributed by atoms with Crippen LogP contribution in [0.5, 0.6) is 0 Å². The molecule has 0 aromatic rings. The first-order valence-electron chi connectivity index (χ1n) is 8.45. The molecule has 1 N–H and O–H groups in total. The van der Waals surface area contributed by atoms with Gasteiger partial charge in [-0.1, -0.05) is 12.8 Å². The lowest BCUT2D eigenvalue weighted by atomic mass is 10.1. The van der Waals surface area contributed by atoms with Crippen molar-refractivity contribution in [2.24, 2.45) is 11.8 Å². The second-order valence-corrected chi connectivity index (χ2v) is 7.24. The second-order valence-electron chi connectivity index (χ2n) is 7.24. The topological polar surface area (TPSA) is 41.6 Å². The molecule has 1 amide bonds. The highest BCUT2D eigenvalue weighted by Gasteiger charge is 2.42. The van der Waals surface area contributed by atoms with Crippen LogP contribution >= 0.6 is 0 Å². The van der Waals surface area contributed by atoms with Crippen LogP contribution in [-0.4, -0.2) is 48.7 Å². The van der Waals surface area contributed by atoms with E-state index in [1.807, 2.05) is 0 Å². The summed E-state index contributed by atoms with van der Waals surface area (Å²) in [5.74, 6) is 1.43. The first-order valence-corrected chi connectivity index (χ1v) is 8.45. The Morgan fingerprint density at radius 1 is 1.10 bits per heavy atom. The third kappa shape index (κ3) is 2.60. The first kappa shape index (κ1) is 13.1. The number of nitrogens with zero attached hydrogens (tertiary/aromatic N) is 1. The highest BCUT2D eigenvalue weighted by molar-refractivity contribution is 5.79. The van der Waals surface area contributed by atoms with Crippen molar-refractivity contribution in [2.75, 3.05) is 19.7 Å². The van der Waals surface area contributed by atoms with E-state index >= 15 is 0 Å². The monoisotopic (exact) mass is 278 g/mol. The van der Waals surface area contributed by atoms with Gasteiger partial charge in [0, 0.05) is 31.1 Å². The molecular weight excluding hydrogens is 252 g/mol. The molecule has 112 valence electrons. The molecule has 0 spiro atoms. The van der Waals surface area contributed by atoms with E-state index in [1.165, 1.54) is 25.7 Å². The number of amides is 1. The molecule has 0 radical (unpaired) electrons. The van der Waals surface area contributed by atoms with E-state index in [1.54, 1.807) is 0 Å². The van der Waals surface area contributed by atoms with Crippen LogP contribution in [0.4, 0.5) is 0 Å². The maximum absolute atomic E-state index is 12.2. The van der Waals surface area contributed by atoms with Crippen molar-refractivity contribution in [3.05, 3.63) is 0 Å². The summed E-state index contributed by atoms with van der Waals surface area (Å²) in [5.41, 5.74) is 0. The smallest absolute Gasteiger partial charge is 0.223 e. The number of fused-ring (bicyclic) bond motifs is 1. The predicted octanol–water partition coefficient (Wildman–Crippen LogP) is 1.54.